The number of quaternary nitrogens is 1. The number of nitrogens with two attached hydrogens (primary N) is 1. The van der Waals surface area contributed by atoms with Crippen molar-refractivity contribution in [2.45, 2.75) is 70.6 Å². The fourth-order valence-electron chi connectivity index (χ4n) is 2.98. The number of aliphatic hydroxyl groups is 1. The van der Waals surface area contributed by atoms with Gasteiger partial charge in [0.05, 0.1) is 5.54 Å². The molecule has 0 aliphatic heterocycles. The number of urea groups is 1. The number of amides is 2. The molecular formula is C20H34N3O3+. The minimum absolute atomic E-state index is 0.0898. The third-order valence-electron chi connectivity index (χ3n) is 4.50. The van der Waals surface area contributed by atoms with Crippen LogP contribution in [0.1, 0.15) is 52.9 Å². The van der Waals surface area contributed by atoms with E-state index in [4.69, 9.17) is 4.74 Å². The third-order valence-corrected chi connectivity index (χ3v) is 4.50. The average molecular weight is 365 g/mol. The molecule has 1 fully saturated rings. The van der Waals surface area contributed by atoms with Crippen molar-refractivity contribution in [1.82, 2.24) is 5.32 Å². The first-order valence-electron chi connectivity index (χ1n) is 9.65. The summed E-state index contributed by atoms with van der Waals surface area (Å²) in [6, 6.07) is 7.36. The lowest BCUT2D eigenvalue weighted by Crippen LogP contribution is -2.96. The number of ether oxygens (including phenoxy) is 1. The lowest BCUT2D eigenvalue weighted by molar-refractivity contribution is -0.722. The number of carbonyl (C=O) groups is 1. The van der Waals surface area contributed by atoms with Crippen LogP contribution < -0.4 is 20.7 Å². The predicted octanol–water partition coefficient (Wildman–Crippen LogP) is 2.24. The average Bonchev–Trinajstić information content (AvgIpc) is 2.59. The molecule has 0 aromatic heterocycles. The zero-order chi connectivity index (χ0) is 19.0. The summed E-state index contributed by atoms with van der Waals surface area (Å²) in [4.78, 5) is 12.0. The van der Waals surface area contributed by atoms with Gasteiger partial charge in [0.25, 0.3) is 0 Å². The number of anilines is 1. The van der Waals surface area contributed by atoms with Gasteiger partial charge in [-0.25, -0.2) is 4.79 Å². The highest BCUT2D eigenvalue weighted by atomic mass is 16.5. The molecule has 1 aliphatic carbocycles. The highest BCUT2D eigenvalue weighted by Crippen LogP contribution is 2.18. The molecule has 0 saturated heterocycles. The van der Waals surface area contributed by atoms with Crippen LogP contribution in [-0.2, 0) is 0 Å². The molecule has 146 valence electrons. The number of aliphatic hydroxyl groups excluding tert-OH is 1. The Balaban J connectivity index is 1.70. The zero-order valence-electron chi connectivity index (χ0n) is 16.3. The fraction of sp³-hybridized carbons (Fsp3) is 0.650. The lowest BCUT2D eigenvalue weighted by Gasteiger charge is -2.22. The molecule has 5 N–H and O–H groups in total. The maximum atomic E-state index is 12.0. The smallest absolute Gasteiger partial charge is 0.319 e. The molecule has 0 heterocycles. The molecule has 0 radical (unpaired) electrons. The van der Waals surface area contributed by atoms with Gasteiger partial charge in [-0.15, -0.1) is 0 Å². The van der Waals surface area contributed by atoms with Crippen LogP contribution >= 0.6 is 0 Å². The zero-order valence-corrected chi connectivity index (χ0v) is 16.3. The summed E-state index contributed by atoms with van der Waals surface area (Å²) in [5.74, 6) is 0.679. The van der Waals surface area contributed by atoms with Crippen LogP contribution in [0.3, 0.4) is 0 Å². The SMILES string of the molecule is CC(C)(C)[NH2+]C[C@@H](O)COc1ccc(NC(=O)NC2CCCCC2)cc1. The Hall–Kier alpha value is -1.79. The molecule has 1 atom stereocenters. The van der Waals surface area contributed by atoms with Gasteiger partial charge in [0.15, 0.2) is 0 Å². The summed E-state index contributed by atoms with van der Waals surface area (Å²) >= 11 is 0. The van der Waals surface area contributed by atoms with Gasteiger partial charge in [0.1, 0.15) is 25.0 Å². The summed E-state index contributed by atoms with van der Waals surface area (Å²) in [7, 11) is 0. The quantitative estimate of drug-likeness (QED) is 0.598. The van der Waals surface area contributed by atoms with Crippen LogP contribution in [0.5, 0.6) is 5.75 Å². The van der Waals surface area contributed by atoms with E-state index in [1.165, 1.54) is 19.3 Å². The predicted molar refractivity (Wildman–Crippen MR) is 104 cm³/mol. The van der Waals surface area contributed by atoms with Gasteiger partial charge in [-0.05, 0) is 57.9 Å². The van der Waals surface area contributed by atoms with Crippen molar-refractivity contribution in [1.29, 1.82) is 0 Å². The molecule has 1 aromatic carbocycles. The van der Waals surface area contributed by atoms with E-state index in [-0.39, 0.29) is 24.2 Å². The van der Waals surface area contributed by atoms with Gasteiger partial charge in [0, 0.05) is 11.7 Å². The van der Waals surface area contributed by atoms with Gasteiger partial charge in [-0.1, -0.05) is 19.3 Å². The number of rotatable bonds is 7. The summed E-state index contributed by atoms with van der Waals surface area (Å²) in [6.07, 6.45) is 5.26. The van der Waals surface area contributed by atoms with Crippen molar-refractivity contribution < 1.29 is 20.0 Å². The van der Waals surface area contributed by atoms with E-state index in [2.05, 4.69) is 36.7 Å². The molecule has 2 rings (SSSR count). The van der Waals surface area contributed by atoms with E-state index in [0.29, 0.717) is 12.3 Å². The van der Waals surface area contributed by atoms with E-state index in [9.17, 15) is 9.90 Å². The molecule has 0 bridgehead atoms. The number of hydrogen-bond acceptors (Lipinski definition) is 3. The monoisotopic (exact) mass is 364 g/mol. The first-order chi connectivity index (χ1) is 12.3. The Bertz CT molecular complexity index is 548. The first kappa shape index (κ1) is 20.5. The second kappa shape index (κ2) is 9.78. The van der Waals surface area contributed by atoms with E-state index in [1.807, 2.05) is 12.1 Å². The molecule has 6 nitrogen and oxygen atoms in total. The number of carbonyl (C=O) groups excluding carboxylic acids is 1. The van der Waals surface area contributed by atoms with Crippen molar-refractivity contribution in [2.24, 2.45) is 0 Å². The van der Waals surface area contributed by atoms with E-state index >= 15 is 0 Å². The largest absolute Gasteiger partial charge is 0.491 e. The van der Waals surface area contributed by atoms with Crippen molar-refractivity contribution in [3.63, 3.8) is 0 Å². The molecule has 0 unspecified atom stereocenters. The first-order valence-corrected chi connectivity index (χ1v) is 9.65. The Morgan fingerprint density at radius 3 is 2.50 bits per heavy atom. The van der Waals surface area contributed by atoms with Gasteiger partial charge < -0.3 is 25.8 Å². The second-order valence-electron chi connectivity index (χ2n) is 8.23. The van der Waals surface area contributed by atoms with E-state index in [1.54, 1.807) is 12.1 Å². The maximum absolute atomic E-state index is 12.0. The van der Waals surface area contributed by atoms with Crippen molar-refractivity contribution in [3.8, 4) is 5.75 Å². The van der Waals surface area contributed by atoms with E-state index in [0.717, 1.165) is 18.5 Å². The fourth-order valence-corrected chi connectivity index (χ4v) is 2.98. The summed E-state index contributed by atoms with van der Waals surface area (Å²) in [5.41, 5.74) is 0.819. The van der Waals surface area contributed by atoms with Crippen molar-refractivity contribution in [3.05, 3.63) is 24.3 Å². The number of nitrogens with one attached hydrogen (secondary N) is 2. The number of benzene rings is 1. The molecule has 1 saturated carbocycles. The van der Waals surface area contributed by atoms with Gasteiger partial charge >= 0.3 is 6.03 Å². The van der Waals surface area contributed by atoms with Gasteiger partial charge in [-0.2, -0.15) is 0 Å². The summed E-state index contributed by atoms with van der Waals surface area (Å²) in [6.45, 7) is 7.18. The minimum Gasteiger partial charge on any atom is -0.491 e. The van der Waals surface area contributed by atoms with Gasteiger partial charge in [0.2, 0.25) is 0 Å². The lowest BCUT2D eigenvalue weighted by atomic mass is 9.96. The van der Waals surface area contributed by atoms with E-state index < -0.39 is 6.10 Å². The molecule has 1 aromatic rings. The van der Waals surface area contributed by atoms with Crippen molar-refractivity contribution in [2.75, 3.05) is 18.5 Å². The molecule has 0 spiro atoms. The molecular weight excluding hydrogens is 330 g/mol. The Kier molecular flexibility index (Phi) is 7.72. The van der Waals surface area contributed by atoms with Crippen molar-refractivity contribution >= 4 is 11.7 Å². The van der Waals surface area contributed by atoms with Crippen LogP contribution in [0.25, 0.3) is 0 Å². The van der Waals surface area contributed by atoms with Crippen LogP contribution in [0.4, 0.5) is 10.5 Å². The Morgan fingerprint density at radius 2 is 1.88 bits per heavy atom. The summed E-state index contributed by atoms with van der Waals surface area (Å²) in [5, 5.41) is 18.0. The molecule has 6 heteroatoms. The third kappa shape index (κ3) is 8.06. The highest BCUT2D eigenvalue weighted by molar-refractivity contribution is 5.89. The number of hydrogen-bond donors (Lipinski definition) is 4. The van der Waals surface area contributed by atoms with Gasteiger partial charge in [-0.3, -0.25) is 0 Å². The second-order valence-corrected chi connectivity index (χ2v) is 8.23. The van der Waals surface area contributed by atoms with Crippen LogP contribution in [0, 0.1) is 0 Å². The maximum Gasteiger partial charge on any atom is 0.319 e. The standard InChI is InChI=1S/C20H33N3O3/c1-20(2,3)21-13-17(24)14-26-18-11-9-16(10-12-18)23-19(25)22-15-7-5-4-6-8-15/h9-12,15,17,21,24H,4-8,13-14H2,1-3H3,(H2,22,23,25)/p+1/t17-/m1/s1. The molecule has 1 aliphatic rings. The van der Waals surface area contributed by atoms with Crippen LogP contribution in [0.15, 0.2) is 24.3 Å². The Labute approximate surface area is 156 Å². The van der Waals surface area contributed by atoms with Crippen LogP contribution in [0.2, 0.25) is 0 Å². The molecule has 26 heavy (non-hydrogen) atoms. The normalized spacial score (nSPS) is 16.8. The topological polar surface area (TPSA) is 87.2 Å². The highest BCUT2D eigenvalue weighted by Gasteiger charge is 2.17. The summed E-state index contributed by atoms with van der Waals surface area (Å²) < 4.78 is 5.62. The minimum atomic E-state index is -0.520. The van der Waals surface area contributed by atoms with Crippen LogP contribution in [-0.4, -0.2) is 42.0 Å². The molecule has 2 amide bonds. The Morgan fingerprint density at radius 1 is 1.23 bits per heavy atom.